The van der Waals surface area contributed by atoms with E-state index in [1.165, 1.54) is 0 Å². The number of benzene rings is 3. The summed E-state index contributed by atoms with van der Waals surface area (Å²) < 4.78 is 7.94. The van der Waals surface area contributed by atoms with Crippen LogP contribution in [0.1, 0.15) is 58.2 Å². The summed E-state index contributed by atoms with van der Waals surface area (Å²) in [6.45, 7) is 2.05. The van der Waals surface area contributed by atoms with Gasteiger partial charge in [-0.25, -0.2) is 0 Å². The van der Waals surface area contributed by atoms with Crippen molar-refractivity contribution in [2.75, 3.05) is 14.2 Å². The number of Topliss-reactive ketones (excluding diaryl/α,β-unsaturated/α-hetero) is 1. The second kappa shape index (κ2) is 12.2. The fourth-order valence-corrected chi connectivity index (χ4v) is 7.75. The van der Waals surface area contributed by atoms with Gasteiger partial charge in [-0.2, -0.15) is 0 Å². The van der Waals surface area contributed by atoms with Crippen LogP contribution < -0.4 is 10.1 Å². The number of thiophene rings is 1. The monoisotopic (exact) mass is 652 g/mol. The summed E-state index contributed by atoms with van der Waals surface area (Å²) in [5, 5.41) is 4.55. The molecule has 1 N–H and O–H groups in total. The van der Waals surface area contributed by atoms with Crippen LogP contribution in [0, 0.1) is 3.57 Å². The van der Waals surface area contributed by atoms with Crippen molar-refractivity contribution >= 4 is 55.7 Å². The SMILES string of the molecule is CNC1CCC(N(Cc2cc(-c3ccc(C(C)=O)cc3)ccc2OC)C(=O)c2sc3ccccc3c2I)CC1. The smallest absolute Gasteiger partial charge is 0.265 e. The molecule has 0 saturated heterocycles. The van der Waals surface area contributed by atoms with Gasteiger partial charge in [-0.1, -0.05) is 48.5 Å². The Morgan fingerprint density at radius 3 is 2.33 bits per heavy atom. The molecule has 1 aliphatic carbocycles. The second-order valence-electron chi connectivity index (χ2n) is 10.1. The van der Waals surface area contributed by atoms with Crippen LogP contribution in [0.25, 0.3) is 21.2 Å². The lowest BCUT2D eigenvalue weighted by atomic mass is 9.89. The number of carbonyl (C=O) groups excluding carboxylic acids is 2. The molecule has 1 amide bonds. The number of amides is 1. The van der Waals surface area contributed by atoms with Crippen LogP contribution in [0.15, 0.2) is 66.7 Å². The molecule has 1 aliphatic rings. The Hall–Kier alpha value is -2.75. The van der Waals surface area contributed by atoms with Crippen LogP contribution in [0.2, 0.25) is 0 Å². The maximum Gasteiger partial charge on any atom is 0.265 e. The number of hydrogen-bond donors (Lipinski definition) is 1. The molecule has 5 rings (SSSR count). The predicted molar refractivity (Wildman–Crippen MR) is 168 cm³/mol. The van der Waals surface area contributed by atoms with E-state index in [0.29, 0.717) is 18.2 Å². The largest absolute Gasteiger partial charge is 0.496 e. The molecular formula is C32H33IN2O3S. The summed E-state index contributed by atoms with van der Waals surface area (Å²) in [5.74, 6) is 0.911. The minimum Gasteiger partial charge on any atom is -0.496 e. The van der Waals surface area contributed by atoms with Crippen molar-refractivity contribution in [2.24, 2.45) is 0 Å². The first-order chi connectivity index (χ1) is 18.9. The molecule has 0 radical (unpaired) electrons. The minimum atomic E-state index is 0.0509. The van der Waals surface area contributed by atoms with Crippen LogP contribution in [0.5, 0.6) is 5.75 Å². The topological polar surface area (TPSA) is 58.6 Å². The third kappa shape index (κ3) is 5.90. The Labute approximate surface area is 247 Å². The van der Waals surface area contributed by atoms with Gasteiger partial charge in [0.15, 0.2) is 5.78 Å². The number of carbonyl (C=O) groups is 2. The van der Waals surface area contributed by atoms with E-state index in [9.17, 15) is 9.59 Å². The molecule has 202 valence electrons. The summed E-state index contributed by atoms with van der Waals surface area (Å²) in [4.78, 5) is 28.9. The highest BCUT2D eigenvalue weighted by atomic mass is 127. The summed E-state index contributed by atoms with van der Waals surface area (Å²) >= 11 is 3.92. The highest BCUT2D eigenvalue weighted by Crippen LogP contribution is 2.36. The van der Waals surface area contributed by atoms with Crippen molar-refractivity contribution in [3.8, 4) is 16.9 Å². The average molecular weight is 653 g/mol. The van der Waals surface area contributed by atoms with Gasteiger partial charge in [0.25, 0.3) is 5.91 Å². The third-order valence-electron chi connectivity index (χ3n) is 7.78. The molecule has 1 fully saturated rings. The number of fused-ring (bicyclic) bond motifs is 1. The lowest BCUT2D eigenvalue weighted by Gasteiger charge is -2.37. The zero-order chi connectivity index (χ0) is 27.5. The molecule has 3 aromatic carbocycles. The number of methoxy groups -OCH3 is 1. The summed E-state index contributed by atoms with van der Waals surface area (Å²) in [6, 6.07) is 22.7. The van der Waals surface area contributed by atoms with Gasteiger partial charge in [-0.3, -0.25) is 9.59 Å². The van der Waals surface area contributed by atoms with Crippen molar-refractivity contribution < 1.29 is 14.3 Å². The van der Waals surface area contributed by atoms with E-state index in [0.717, 1.165) is 66.7 Å². The van der Waals surface area contributed by atoms with Gasteiger partial charge < -0.3 is 15.0 Å². The minimum absolute atomic E-state index is 0.0509. The van der Waals surface area contributed by atoms with E-state index < -0.39 is 0 Å². The van der Waals surface area contributed by atoms with E-state index in [2.05, 4.69) is 51.0 Å². The van der Waals surface area contributed by atoms with E-state index in [1.54, 1.807) is 25.4 Å². The number of ketones is 1. The molecule has 0 bridgehead atoms. The zero-order valence-electron chi connectivity index (χ0n) is 22.5. The molecule has 1 heterocycles. The van der Waals surface area contributed by atoms with Gasteiger partial charge in [0.1, 0.15) is 10.6 Å². The fraction of sp³-hybridized carbons (Fsp3) is 0.312. The van der Waals surface area contributed by atoms with E-state index >= 15 is 0 Å². The fourth-order valence-electron chi connectivity index (χ4n) is 5.49. The lowest BCUT2D eigenvalue weighted by Crippen LogP contribution is -2.44. The molecular weight excluding hydrogens is 619 g/mol. The summed E-state index contributed by atoms with van der Waals surface area (Å²) in [5.41, 5.74) is 3.73. The number of hydrogen-bond acceptors (Lipinski definition) is 5. The van der Waals surface area contributed by atoms with Crippen molar-refractivity contribution in [1.29, 1.82) is 0 Å². The number of ether oxygens (including phenoxy) is 1. The van der Waals surface area contributed by atoms with E-state index in [-0.39, 0.29) is 17.7 Å². The Morgan fingerprint density at radius 1 is 1.00 bits per heavy atom. The van der Waals surface area contributed by atoms with Gasteiger partial charge >= 0.3 is 0 Å². The molecule has 0 unspecified atom stereocenters. The van der Waals surface area contributed by atoms with Gasteiger partial charge in [-0.15, -0.1) is 11.3 Å². The third-order valence-corrected chi connectivity index (χ3v) is 10.4. The Morgan fingerprint density at radius 2 is 1.69 bits per heavy atom. The van der Waals surface area contributed by atoms with Crippen LogP contribution in [0.4, 0.5) is 0 Å². The molecule has 5 nitrogen and oxygen atoms in total. The molecule has 1 aromatic heterocycles. The molecule has 0 spiro atoms. The second-order valence-corrected chi connectivity index (χ2v) is 12.3. The van der Waals surface area contributed by atoms with Crippen LogP contribution in [-0.4, -0.2) is 42.8 Å². The maximum absolute atomic E-state index is 14.3. The summed E-state index contributed by atoms with van der Waals surface area (Å²) in [6.07, 6.45) is 4.03. The van der Waals surface area contributed by atoms with Crippen molar-refractivity contribution in [2.45, 2.75) is 51.2 Å². The van der Waals surface area contributed by atoms with E-state index in [1.807, 2.05) is 55.6 Å². The average Bonchev–Trinajstić information content (AvgIpc) is 3.32. The van der Waals surface area contributed by atoms with Gasteiger partial charge in [0, 0.05) is 43.4 Å². The molecule has 7 heteroatoms. The number of nitrogens with one attached hydrogen (secondary N) is 1. The Bertz CT molecular complexity index is 1490. The number of nitrogens with zero attached hydrogens (tertiary/aromatic N) is 1. The number of rotatable bonds is 8. The lowest BCUT2D eigenvalue weighted by molar-refractivity contribution is 0.0603. The van der Waals surface area contributed by atoms with Crippen LogP contribution >= 0.6 is 33.9 Å². The van der Waals surface area contributed by atoms with Gasteiger partial charge in [-0.05, 0) is 91.6 Å². The predicted octanol–water partition coefficient (Wildman–Crippen LogP) is 7.56. The van der Waals surface area contributed by atoms with Crippen LogP contribution in [0.3, 0.4) is 0 Å². The van der Waals surface area contributed by atoms with Crippen molar-refractivity contribution in [3.05, 3.63) is 86.3 Å². The van der Waals surface area contributed by atoms with Gasteiger partial charge in [0.05, 0.1) is 7.11 Å². The Balaban J connectivity index is 1.51. The first kappa shape index (κ1) is 27.8. The standard InChI is InChI=1S/C32H33IN2O3S/c1-20(36)21-8-10-22(11-9-21)23-12-17-28(38-3)24(18-23)19-35(26-15-13-25(34-2)14-16-26)32(37)31-30(33)27-6-4-5-7-29(27)39-31/h4-12,17-18,25-26,34H,13-16,19H2,1-3H3. The quantitative estimate of drug-likeness (QED) is 0.158. The Kier molecular flexibility index (Phi) is 8.69. The molecule has 39 heavy (non-hydrogen) atoms. The molecule has 1 saturated carbocycles. The first-order valence-electron chi connectivity index (χ1n) is 13.3. The van der Waals surface area contributed by atoms with Crippen molar-refractivity contribution in [1.82, 2.24) is 10.2 Å². The first-order valence-corrected chi connectivity index (χ1v) is 15.2. The van der Waals surface area contributed by atoms with Crippen LogP contribution in [-0.2, 0) is 6.54 Å². The molecule has 0 aliphatic heterocycles. The highest BCUT2D eigenvalue weighted by molar-refractivity contribution is 14.1. The van der Waals surface area contributed by atoms with Crippen molar-refractivity contribution in [3.63, 3.8) is 0 Å². The normalized spacial score (nSPS) is 17.2. The molecule has 0 atom stereocenters. The zero-order valence-corrected chi connectivity index (χ0v) is 25.5. The number of halogens is 1. The van der Waals surface area contributed by atoms with E-state index in [4.69, 9.17) is 4.74 Å². The maximum atomic E-state index is 14.3. The molecule has 4 aromatic rings. The summed E-state index contributed by atoms with van der Waals surface area (Å²) in [7, 11) is 3.70. The van der Waals surface area contributed by atoms with Gasteiger partial charge in [0.2, 0.25) is 0 Å². The highest BCUT2D eigenvalue weighted by Gasteiger charge is 2.32.